The quantitative estimate of drug-likeness (QED) is 0.718. The van der Waals surface area contributed by atoms with E-state index in [4.69, 9.17) is 4.42 Å². The van der Waals surface area contributed by atoms with Gasteiger partial charge in [0.1, 0.15) is 11.3 Å². The van der Waals surface area contributed by atoms with Crippen molar-refractivity contribution < 1.29 is 9.21 Å². The lowest BCUT2D eigenvalue weighted by atomic mass is 10.1. The predicted octanol–water partition coefficient (Wildman–Crippen LogP) is 2.82. The number of nitrogens with zero attached hydrogens (tertiary/aromatic N) is 5. The Bertz CT molecular complexity index is 985. The van der Waals surface area contributed by atoms with E-state index in [0.29, 0.717) is 36.0 Å². The van der Waals surface area contributed by atoms with Crippen molar-refractivity contribution in [1.82, 2.24) is 24.6 Å². The van der Waals surface area contributed by atoms with Crippen molar-refractivity contribution in [3.63, 3.8) is 0 Å². The van der Waals surface area contributed by atoms with Gasteiger partial charge in [-0.3, -0.25) is 4.79 Å². The lowest BCUT2D eigenvalue weighted by molar-refractivity contribution is 0.0679. The largest absolute Gasteiger partial charge is 0.441 e. The Morgan fingerprint density at radius 3 is 2.92 bits per heavy atom. The third-order valence-electron chi connectivity index (χ3n) is 5.02. The molecule has 0 spiro atoms. The Morgan fingerprint density at radius 1 is 1.28 bits per heavy atom. The first-order valence-electron chi connectivity index (χ1n) is 8.70. The molecule has 3 heterocycles. The Hall–Kier alpha value is -2.70. The van der Waals surface area contributed by atoms with Crippen molar-refractivity contribution in [3.8, 4) is 0 Å². The van der Waals surface area contributed by atoms with Gasteiger partial charge in [0.15, 0.2) is 17.3 Å². The van der Waals surface area contributed by atoms with Crippen molar-refractivity contribution in [1.29, 1.82) is 0 Å². The van der Waals surface area contributed by atoms with Gasteiger partial charge in [0, 0.05) is 24.9 Å². The highest BCUT2D eigenvalue weighted by atomic mass is 16.3. The third kappa shape index (κ3) is 2.33. The molecule has 1 aliphatic carbocycles. The number of hydrogen-bond donors (Lipinski definition) is 0. The Kier molecular flexibility index (Phi) is 3.01. The van der Waals surface area contributed by atoms with Gasteiger partial charge in [-0.2, -0.15) is 0 Å². The van der Waals surface area contributed by atoms with E-state index in [1.165, 1.54) is 12.8 Å². The maximum atomic E-state index is 13.0. The molecule has 1 atom stereocenters. The molecule has 128 valence electrons. The van der Waals surface area contributed by atoms with Crippen molar-refractivity contribution in [3.05, 3.63) is 41.3 Å². The lowest BCUT2D eigenvalue weighted by Gasteiger charge is -2.32. The molecule has 0 radical (unpaired) electrons. The maximum Gasteiger partial charge on any atom is 0.254 e. The lowest BCUT2D eigenvalue weighted by Crippen LogP contribution is -2.40. The van der Waals surface area contributed by atoms with Crippen molar-refractivity contribution in [2.75, 3.05) is 6.54 Å². The van der Waals surface area contributed by atoms with E-state index in [0.717, 1.165) is 17.2 Å². The summed E-state index contributed by atoms with van der Waals surface area (Å²) < 4.78 is 7.78. The normalized spacial score (nSPS) is 20.1. The topological polar surface area (TPSA) is 77.1 Å². The molecular formula is C18H19N5O2. The zero-order chi connectivity index (χ0) is 17.1. The molecular weight excluding hydrogens is 318 g/mol. The van der Waals surface area contributed by atoms with Crippen LogP contribution in [0, 0.1) is 6.92 Å². The monoisotopic (exact) mass is 337 g/mol. The molecule has 0 N–H and O–H groups in total. The number of amides is 1. The number of aromatic nitrogens is 4. The van der Waals surface area contributed by atoms with Crippen LogP contribution in [0.25, 0.3) is 11.1 Å². The fourth-order valence-corrected chi connectivity index (χ4v) is 3.69. The van der Waals surface area contributed by atoms with Gasteiger partial charge >= 0.3 is 0 Å². The van der Waals surface area contributed by atoms with Gasteiger partial charge in [-0.15, -0.1) is 10.2 Å². The first kappa shape index (κ1) is 14.6. The highest BCUT2D eigenvalue weighted by Crippen LogP contribution is 2.41. The maximum absolute atomic E-state index is 13.0. The second-order valence-corrected chi connectivity index (χ2v) is 7.07. The second-order valence-electron chi connectivity index (χ2n) is 7.07. The van der Waals surface area contributed by atoms with E-state index in [-0.39, 0.29) is 11.9 Å². The van der Waals surface area contributed by atoms with Crippen LogP contribution in [0.1, 0.15) is 59.6 Å². The molecule has 2 aromatic heterocycles. The average Bonchev–Trinajstić information content (AvgIpc) is 3.23. The van der Waals surface area contributed by atoms with E-state index in [2.05, 4.69) is 26.7 Å². The molecule has 7 heteroatoms. The molecule has 0 unspecified atom stereocenters. The van der Waals surface area contributed by atoms with Crippen LogP contribution in [-0.4, -0.2) is 37.1 Å². The number of aryl methyl sites for hydroxylation is 1. The van der Waals surface area contributed by atoms with Crippen LogP contribution in [0.5, 0.6) is 0 Å². The third-order valence-corrected chi connectivity index (χ3v) is 5.02. The van der Waals surface area contributed by atoms with Crippen LogP contribution in [-0.2, 0) is 6.54 Å². The Morgan fingerprint density at radius 2 is 2.12 bits per heavy atom. The van der Waals surface area contributed by atoms with E-state index in [1.807, 2.05) is 17.0 Å². The molecule has 7 nitrogen and oxygen atoms in total. The number of carbonyl (C=O) groups excluding carboxylic acids is 1. The highest BCUT2D eigenvalue weighted by Gasteiger charge is 2.35. The summed E-state index contributed by atoms with van der Waals surface area (Å²) in [7, 11) is 0. The van der Waals surface area contributed by atoms with Gasteiger partial charge in [0.2, 0.25) is 0 Å². The molecule has 1 aliphatic heterocycles. The molecule has 1 fully saturated rings. The summed E-state index contributed by atoms with van der Waals surface area (Å²) in [6.45, 7) is 5.09. The Balaban J connectivity index is 1.45. The summed E-state index contributed by atoms with van der Waals surface area (Å²) in [6, 6.07) is 5.61. The smallest absolute Gasteiger partial charge is 0.254 e. The first-order valence-corrected chi connectivity index (χ1v) is 8.70. The highest BCUT2D eigenvalue weighted by molar-refractivity contribution is 5.97. The van der Waals surface area contributed by atoms with Crippen LogP contribution < -0.4 is 0 Å². The minimum atomic E-state index is -0.00924. The summed E-state index contributed by atoms with van der Waals surface area (Å²) in [4.78, 5) is 19.1. The molecule has 0 bridgehead atoms. The SMILES string of the molecule is Cc1nc2ccc(C(=O)N3Cc4nnc(C5CC5)n4[C@@H](C)C3)cc2o1. The zero-order valence-corrected chi connectivity index (χ0v) is 14.3. The minimum absolute atomic E-state index is 0.00924. The van der Waals surface area contributed by atoms with Crippen LogP contribution in [0.3, 0.4) is 0 Å². The number of fused-ring (bicyclic) bond motifs is 2. The molecule has 1 saturated carbocycles. The average molecular weight is 337 g/mol. The molecule has 0 saturated heterocycles. The summed E-state index contributed by atoms with van der Waals surface area (Å²) in [6.07, 6.45) is 2.40. The predicted molar refractivity (Wildman–Crippen MR) is 90.2 cm³/mol. The van der Waals surface area contributed by atoms with Crippen LogP contribution >= 0.6 is 0 Å². The molecule has 5 rings (SSSR count). The number of rotatable bonds is 2. The van der Waals surface area contributed by atoms with Crippen LogP contribution in [0.2, 0.25) is 0 Å². The fourth-order valence-electron chi connectivity index (χ4n) is 3.69. The minimum Gasteiger partial charge on any atom is -0.441 e. The first-order chi connectivity index (χ1) is 12.1. The second kappa shape index (κ2) is 5.15. The molecule has 1 aromatic carbocycles. The molecule has 25 heavy (non-hydrogen) atoms. The van der Waals surface area contributed by atoms with Gasteiger partial charge in [-0.25, -0.2) is 4.98 Å². The Labute approximate surface area is 144 Å². The standard InChI is InChI=1S/C18H19N5O2/c1-10-8-22(9-16-20-21-17(23(10)16)12-3-4-12)18(24)13-5-6-14-15(7-13)25-11(2)19-14/h5-7,10,12H,3-4,8-9H2,1-2H3/t10-/m0/s1. The van der Waals surface area contributed by atoms with E-state index in [1.54, 1.807) is 13.0 Å². The van der Waals surface area contributed by atoms with E-state index in [9.17, 15) is 4.79 Å². The number of hydrogen-bond acceptors (Lipinski definition) is 5. The van der Waals surface area contributed by atoms with E-state index < -0.39 is 0 Å². The van der Waals surface area contributed by atoms with Crippen LogP contribution in [0.4, 0.5) is 0 Å². The van der Waals surface area contributed by atoms with Crippen molar-refractivity contribution >= 4 is 17.0 Å². The summed E-state index contributed by atoms with van der Waals surface area (Å²) in [5.41, 5.74) is 2.04. The van der Waals surface area contributed by atoms with Gasteiger partial charge in [0.25, 0.3) is 5.91 Å². The van der Waals surface area contributed by atoms with Gasteiger partial charge in [-0.05, 0) is 38.0 Å². The summed E-state index contributed by atoms with van der Waals surface area (Å²) >= 11 is 0. The van der Waals surface area contributed by atoms with E-state index >= 15 is 0 Å². The molecule has 2 aliphatic rings. The molecule has 1 amide bonds. The zero-order valence-electron chi connectivity index (χ0n) is 14.3. The fraction of sp³-hybridized carbons (Fsp3) is 0.444. The van der Waals surface area contributed by atoms with Crippen molar-refractivity contribution in [2.45, 2.75) is 45.2 Å². The van der Waals surface area contributed by atoms with Gasteiger partial charge < -0.3 is 13.9 Å². The van der Waals surface area contributed by atoms with Gasteiger partial charge in [0.05, 0.1) is 12.6 Å². The number of benzene rings is 1. The van der Waals surface area contributed by atoms with Gasteiger partial charge in [-0.1, -0.05) is 0 Å². The number of oxazole rings is 1. The summed E-state index contributed by atoms with van der Waals surface area (Å²) in [5.74, 6) is 3.12. The summed E-state index contributed by atoms with van der Waals surface area (Å²) in [5, 5.41) is 8.71. The van der Waals surface area contributed by atoms with Crippen LogP contribution in [0.15, 0.2) is 22.6 Å². The number of carbonyl (C=O) groups is 1. The van der Waals surface area contributed by atoms with Crippen molar-refractivity contribution in [2.24, 2.45) is 0 Å². The molecule has 3 aromatic rings.